The van der Waals surface area contributed by atoms with Crippen LogP contribution < -0.4 is 15.0 Å². The Kier molecular flexibility index (Phi) is 10.5. The smallest absolute Gasteiger partial charge is 0.254 e. The van der Waals surface area contributed by atoms with E-state index in [2.05, 4.69) is 46.5 Å². The molecule has 2 amide bonds. The van der Waals surface area contributed by atoms with Crippen LogP contribution in [0.2, 0.25) is 0 Å². The van der Waals surface area contributed by atoms with E-state index in [1.54, 1.807) is 29.5 Å². The fourth-order valence-corrected chi connectivity index (χ4v) is 9.80. The van der Waals surface area contributed by atoms with Crippen LogP contribution in [0, 0.1) is 18.3 Å². The Balaban J connectivity index is 0.752. The summed E-state index contributed by atoms with van der Waals surface area (Å²) in [5, 5.41) is 37.7. The zero-order valence-corrected chi connectivity index (χ0v) is 34.9. The number of phenolic OH excluding ortho intramolecular Hbond substituents is 1. The van der Waals surface area contributed by atoms with Gasteiger partial charge in [0.1, 0.15) is 30.1 Å². The van der Waals surface area contributed by atoms with E-state index in [1.807, 2.05) is 75.7 Å². The highest BCUT2D eigenvalue weighted by atomic mass is 32.1. The van der Waals surface area contributed by atoms with Crippen LogP contribution in [-0.4, -0.2) is 115 Å². The first-order valence-corrected chi connectivity index (χ1v) is 21.3. The van der Waals surface area contributed by atoms with E-state index in [0.717, 1.165) is 65.6 Å². The number of aryl methyl sites for hydroxylation is 1. The van der Waals surface area contributed by atoms with Gasteiger partial charge >= 0.3 is 0 Å². The van der Waals surface area contributed by atoms with Crippen LogP contribution in [0.4, 0.5) is 5.82 Å². The third kappa shape index (κ3) is 7.70. The van der Waals surface area contributed by atoms with Crippen LogP contribution in [0.1, 0.15) is 56.2 Å². The number of aromatic amines is 1. The Morgan fingerprint density at radius 2 is 1.83 bits per heavy atom. The van der Waals surface area contributed by atoms with Crippen molar-refractivity contribution in [3.63, 3.8) is 0 Å². The summed E-state index contributed by atoms with van der Waals surface area (Å²) in [6.07, 6.45) is -0.665. The third-order valence-electron chi connectivity index (χ3n) is 12.1. The molecule has 1 spiro atoms. The number of ether oxygens (including phenoxy) is 1. The summed E-state index contributed by atoms with van der Waals surface area (Å²) >= 11 is 1.59. The molecule has 3 fully saturated rings. The number of hydrogen-bond acceptors (Lipinski definition) is 13. The molecule has 2 unspecified atom stereocenters. The summed E-state index contributed by atoms with van der Waals surface area (Å²) in [7, 11) is 0. The monoisotopic (exact) mass is 831 g/mol. The minimum absolute atomic E-state index is 0.0577. The van der Waals surface area contributed by atoms with E-state index < -0.39 is 18.1 Å². The van der Waals surface area contributed by atoms with E-state index in [-0.39, 0.29) is 47.9 Å². The van der Waals surface area contributed by atoms with Gasteiger partial charge in [0.25, 0.3) is 5.88 Å². The van der Waals surface area contributed by atoms with Gasteiger partial charge in [0.05, 0.1) is 33.9 Å². The van der Waals surface area contributed by atoms with Crippen molar-refractivity contribution in [1.29, 1.82) is 0 Å². The number of anilines is 1. The number of H-pyrrole nitrogens is 1. The molecule has 0 radical (unpaired) electrons. The number of aliphatic hydroxyl groups excluding tert-OH is 1. The van der Waals surface area contributed by atoms with Gasteiger partial charge in [-0.15, -0.1) is 21.5 Å². The maximum Gasteiger partial charge on any atom is 0.254 e. The molecule has 3 aliphatic heterocycles. The molecule has 4 N–H and O–H groups in total. The second kappa shape index (κ2) is 16.0. The number of rotatable bonds is 13. The number of aromatic nitrogens is 5. The van der Waals surface area contributed by atoms with Crippen LogP contribution >= 0.6 is 11.3 Å². The largest absolute Gasteiger partial charge is 0.507 e. The lowest BCUT2D eigenvalue weighted by molar-refractivity contribution is -0.141. The van der Waals surface area contributed by atoms with E-state index in [1.165, 1.54) is 4.90 Å². The molecule has 4 aromatic heterocycles. The van der Waals surface area contributed by atoms with Gasteiger partial charge in [-0.3, -0.25) is 14.5 Å². The number of nitrogens with one attached hydrogen (secondary N) is 2. The lowest BCUT2D eigenvalue weighted by Gasteiger charge is -2.60. The van der Waals surface area contributed by atoms with Crippen LogP contribution in [0.25, 0.3) is 32.7 Å². The molecule has 60 heavy (non-hydrogen) atoms. The Bertz CT molecular complexity index is 2500. The van der Waals surface area contributed by atoms with Crippen molar-refractivity contribution in [2.24, 2.45) is 11.3 Å². The maximum absolute atomic E-state index is 14.1. The lowest BCUT2D eigenvalue weighted by Crippen LogP contribution is -2.72. The number of aliphatic hydroxyl groups is 1. The molecule has 6 aromatic rings. The SMILES string of the molecule is Cc1ncsc1-c1ccc(C(C)NC(=O)[C@@H]2C[C@@H](O)CN2C(=O)C(c2cc(OCCN3CC4(C3)CN(c3cc5cc(-c6ccccc6O)nnc5[nH]3)C4)no2)C(C)C)cc1. The number of benzene rings is 2. The van der Waals surface area contributed by atoms with Crippen molar-refractivity contribution in [2.75, 3.05) is 50.8 Å². The van der Waals surface area contributed by atoms with Crippen molar-refractivity contribution in [3.05, 3.63) is 89.3 Å². The van der Waals surface area contributed by atoms with E-state index in [4.69, 9.17) is 9.26 Å². The number of para-hydroxylation sites is 1. The molecule has 15 nitrogen and oxygen atoms in total. The van der Waals surface area contributed by atoms with Crippen molar-refractivity contribution < 1.29 is 29.1 Å². The number of β-amino-alcohol motifs (C(OH)–C–C–N with tert-alkyl or cyclic N) is 1. The predicted octanol–water partition coefficient (Wildman–Crippen LogP) is 5.53. The zero-order chi connectivity index (χ0) is 41.7. The summed E-state index contributed by atoms with van der Waals surface area (Å²) in [6.45, 7) is 12.7. The third-order valence-corrected chi connectivity index (χ3v) is 13.1. The molecule has 0 bridgehead atoms. The normalized spacial score (nSPS) is 19.7. The van der Waals surface area contributed by atoms with Crippen LogP contribution in [0.15, 0.2) is 76.8 Å². The molecule has 3 saturated heterocycles. The molecule has 16 heteroatoms. The summed E-state index contributed by atoms with van der Waals surface area (Å²) in [5.41, 5.74) is 7.04. The highest BCUT2D eigenvalue weighted by molar-refractivity contribution is 7.13. The maximum atomic E-state index is 14.1. The van der Waals surface area contributed by atoms with E-state index in [9.17, 15) is 19.8 Å². The van der Waals surface area contributed by atoms with Crippen LogP contribution in [0.5, 0.6) is 11.6 Å². The molecule has 9 rings (SSSR count). The number of carbonyl (C=O) groups is 2. The highest BCUT2D eigenvalue weighted by Gasteiger charge is 2.52. The van der Waals surface area contributed by atoms with Crippen LogP contribution in [0.3, 0.4) is 0 Å². The molecule has 7 heterocycles. The summed E-state index contributed by atoms with van der Waals surface area (Å²) in [6, 6.07) is 19.7. The first-order chi connectivity index (χ1) is 28.9. The number of hydrogen-bond donors (Lipinski definition) is 4. The molecule has 3 aliphatic rings. The molecular formula is C44H49N9O6S. The lowest BCUT2D eigenvalue weighted by atomic mass is 9.73. The number of nitrogens with zero attached hydrogens (tertiary/aromatic N) is 7. The Hall–Kier alpha value is -5.84. The number of likely N-dealkylation sites (tertiary alicyclic amines) is 2. The Morgan fingerprint density at radius 3 is 2.57 bits per heavy atom. The predicted molar refractivity (Wildman–Crippen MR) is 227 cm³/mol. The summed E-state index contributed by atoms with van der Waals surface area (Å²) in [4.78, 5) is 42.8. The summed E-state index contributed by atoms with van der Waals surface area (Å²) in [5.74, 6) is 0.373. The average molecular weight is 832 g/mol. The standard InChI is InChI=1S/C44H49N9O6S/c1-25(2)39(43(57)53-19-31(54)17-34(53)42(56)46-26(3)28-9-11-29(12-10-28)40-27(4)45-24-60-40)36-18-38(50-59-36)58-14-13-51-20-44(21-51)22-52(23-44)37-16-30-15-33(48-49-41(30)47-37)32-7-5-6-8-35(32)55/h5-12,15-16,18,24-26,31,34,39,54-55H,13-14,17,19-23H2,1-4H3,(H,46,56)(H,47,49)/t26?,31-,34+,39?/m1/s1. The number of phenols is 1. The van der Waals surface area contributed by atoms with Crippen LogP contribution in [-0.2, 0) is 9.59 Å². The van der Waals surface area contributed by atoms with Gasteiger partial charge < -0.3 is 39.6 Å². The average Bonchev–Trinajstić information content (AvgIpc) is 4.02. The topological polar surface area (TPSA) is 186 Å². The van der Waals surface area contributed by atoms with Gasteiger partial charge in [0.15, 0.2) is 11.4 Å². The first-order valence-electron chi connectivity index (χ1n) is 20.4. The molecular weight excluding hydrogens is 783 g/mol. The van der Waals surface area contributed by atoms with Crippen molar-refractivity contribution in [1.82, 2.24) is 40.4 Å². The van der Waals surface area contributed by atoms with E-state index >= 15 is 0 Å². The minimum Gasteiger partial charge on any atom is -0.507 e. The quantitative estimate of drug-likeness (QED) is 0.114. The second-order valence-electron chi connectivity index (χ2n) is 16.9. The number of carbonyl (C=O) groups excluding carboxylic acids is 2. The van der Waals surface area contributed by atoms with E-state index in [0.29, 0.717) is 35.2 Å². The highest BCUT2D eigenvalue weighted by Crippen LogP contribution is 2.42. The van der Waals surface area contributed by atoms with Gasteiger partial charge in [-0.2, -0.15) is 0 Å². The van der Waals surface area contributed by atoms with Gasteiger partial charge in [-0.1, -0.05) is 50.2 Å². The minimum atomic E-state index is -0.822. The molecule has 312 valence electrons. The fourth-order valence-electron chi connectivity index (χ4n) is 8.99. The number of fused-ring (bicyclic) bond motifs is 1. The van der Waals surface area contributed by atoms with Crippen molar-refractivity contribution >= 4 is 40.0 Å². The first kappa shape index (κ1) is 39.6. The Morgan fingerprint density at radius 1 is 1.05 bits per heavy atom. The Labute approximate surface area is 351 Å². The number of amides is 2. The zero-order valence-electron chi connectivity index (χ0n) is 34.0. The molecule has 0 saturated carbocycles. The van der Waals surface area contributed by atoms with Gasteiger partial charge in [-0.25, -0.2) is 4.98 Å². The number of aromatic hydroxyl groups is 1. The van der Waals surface area contributed by atoms with Gasteiger partial charge in [0.2, 0.25) is 11.8 Å². The molecule has 0 aliphatic carbocycles. The molecule has 4 atom stereocenters. The van der Waals surface area contributed by atoms with Gasteiger partial charge in [0, 0.05) is 68.1 Å². The summed E-state index contributed by atoms with van der Waals surface area (Å²) < 4.78 is 11.7. The fraction of sp³-hybridized carbons (Fsp3) is 0.409. The molecule has 2 aromatic carbocycles. The van der Waals surface area contributed by atoms with Gasteiger partial charge in [-0.05, 0) is 60.3 Å². The van der Waals surface area contributed by atoms with Crippen molar-refractivity contribution in [2.45, 2.75) is 58.2 Å². The number of thiazole rings is 1. The van der Waals surface area contributed by atoms with Crippen molar-refractivity contribution in [3.8, 4) is 33.3 Å². The second-order valence-corrected chi connectivity index (χ2v) is 17.8.